The van der Waals surface area contributed by atoms with Gasteiger partial charge in [-0.1, -0.05) is 17.7 Å². The number of benzene rings is 1. The van der Waals surface area contributed by atoms with Gasteiger partial charge in [0, 0.05) is 18.8 Å². The van der Waals surface area contributed by atoms with E-state index in [2.05, 4.69) is 4.90 Å². The molecule has 0 bridgehead atoms. The lowest BCUT2D eigenvalue weighted by molar-refractivity contribution is 0.282. The zero-order chi connectivity index (χ0) is 11.4. The molecule has 1 N–H and O–H groups in total. The van der Waals surface area contributed by atoms with Gasteiger partial charge in [-0.2, -0.15) is 11.8 Å². The quantitative estimate of drug-likeness (QED) is 0.881. The number of rotatable bonds is 2. The normalized spacial score (nSPS) is 17.2. The highest BCUT2D eigenvalue weighted by atomic mass is 35.5. The molecule has 0 amide bonds. The molecule has 1 fully saturated rings. The van der Waals surface area contributed by atoms with Gasteiger partial charge < -0.3 is 10.0 Å². The molecule has 0 atom stereocenters. The molecule has 0 unspecified atom stereocenters. The minimum Gasteiger partial charge on any atom is -0.392 e. The summed E-state index contributed by atoms with van der Waals surface area (Å²) in [6.07, 6.45) is 1.21. The van der Waals surface area contributed by atoms with E-state index in [4.69, 9.17) is 16.7 Å². The van der Waals surface area contributed by atoms with E-state index >= 15 is 0 Å². The molecule has 1 aliphatic rings. The summed E-state index contributed by atoms with van der Waals surface area (Å²) in [5.41, 5.74) is 1.97. The predicted molar refractivity (Wildman–Crippen MR) is 71.5 cm³/mol. The summed E-state index contributed by atoms with van der Waals surface area (Å²) in [6, 6.07) is 5.82. The number of aliphatic hydroxyl groups excluding tert-OH is 1. The standard InChI is InChI=1S/C12H16ClNOS/c13-11-8-10(9-15)2-3-12(11)14-4-1-6-16-7-5-14/h2-3,8,15H,1,4-7,9H2. The average Bonchev–Trinajstić information content (AvgIpc) is 2.57. The van der Waals surface area contributed by atoms with Crippen molar-refractivity contribution in [2.75, 3.05) is 29.5 Å². The molecule has 2 nitrogen and oxygen atoms in total. The Morgan fingerprint density at radius 1 is 1.31 bits per heavy atom. The van der Waals surface area contributed by atoms with Gasteiger partial charge >= 0.3 is 0 Å². The van der Waals surface area contributed by atoms with Crippen molar-refractivity contribution in [3.05, 3.63) is 28.8 Å². The lowest BCUT2D eigenvalue weighted by Gasteiger charge is -2.23. The summed E-state index contributed by atoms with van der Waals surface area (Å²) in [7, 11) is 0. The number of hydrogen-bond acceptors (Lipinski definition) is 3. The molecule has 0 aromatic heterocycles. The molecule has 0 radical (unpaired) electrons. The first-order valence-electron chi connectivity index (χ1n) is 5.53. The molecule has 2 rings (SSSR count). The van der Waals surface area contributed by atoms with Crippen molar-refractivity contribution in [3.63, 3.8) is 0 Å². The van der Waals surface area contributed by atoms with Gasteiger partial charge in [-0.05, 0) is 29.9 Å². The Bertz CT molecular complexity index is 351. The third-order valence-corrected chi connectivity index (χ3v) is 4.11. The Morgan fingerprint density at radius 2 is 2.19 bits per heavy atom. The SMILES string of the molecule is OCc1ccc(N2CCCSCC2)c(Cl)c1. The van der Waals surface area contributed by atoms with Gasteiger partial charge in [0.25, 0.3) is 0 Å². The molecular weight excluding hydrogens is 242 g/mol. The molecule has 0 spiro atoms. The van der Waals surface area contributed by atoms with Crippen molar-refractivity contribution in [2.24, 2.45) is 0 Å². The summed E-state index contributed by atoms with van der Waals surface area (Å²) >= 11 is 8.24. The first-order chi connectivity index (χ1) is 7.81. The number of hydrogen-bond donors (Lipinski definition) is 1. The van der Waals surface area contributed by atoms with Crippen LogP contribution in [0.25, 0.3) is 0 Å². The van der Waals surface area contributed by atoms with Gasteiger partial charge in [-0.3, -0.25) is 0 Å². The number of aliphatic hydroxyl groups is 1. The second-order valence-electron chi connectivity index (χ2n) is 3.90. The Balaban J connectivity index is 2.18. The summed E-state index contributed by atoms with van der Waals surface area (Å²) in [5.74, 6) is 2.40. The maximum atomic E-state index is 9.03. The Morgan fingerprint density at radius 3 is 2.94 bits per heavy atom. The fourth-order valence-electron chi connectivity index (χ4n) is 1.89. The summed E-state index contributed by atoms with van der Waals surface area (Å²) in [6.45, 7) is 2.18. The van der Waals surface area contributed by atoms with Crippen molar-refractivity contribution in [1.29, 1.82) is 0 Å². The summed E-state index contributed by atoms with van der Waals surface area (Å²) < 4.78 is 0. The minimum atomic E-state index is 0.0514. The van der Waals surface area contributed by atoms with Crippen LogP contribution in [-0.2, 0) is 6.61 Å². The van der Waals surface area contributed by atoms with E-state index in [1.807, 2.05) is 30.0 Å². The van der Waals surface area contributed by atoms with Crippen molar-refractivity contribution < 1.29 is 5.11 Å². The first kappa shape index (κ1) is 12.1. The van der Waals surface area contributed by atoms with Gasteiger partial charge in [-0.25, -0.2) is 0 Å². The number of anilines is 1. The molecule has 0 saturated carbocycles. The van der Waals surface area contributed by atoms with Crippen molar-refractivity contribution in [3.8, 4) is 0 Å². The van der Waals surface area contributed by atoms with E-state index in [0.717, 1.165) is 35.1 Å². The van der Waals surface area contributed by atoms with E-state index in [1.165, 1.54) is 12.2 Å². The third kappa shape index (κ3) is 2.84. The highest BCUT2D eigenvalue weighted by Gasteiger charge is 2.13. The maximum absolute atomic E-state index is 9.03. The fraction of sp³-hybridized carbons (Fsp3) is 0.500. The monoisotopic (exact) mass is 257 g/mol. The van der Waals surface area contributed by atoms with Crippen LogP contribution in [-0.4, -0.2) is 29.7 Å². The van der Waals surface area contributed by atoms with Crippen LogP contribution in [0.2, 0.25) is 5.02 Å². The van der Waals surface area contributed by atoms with Gasteiger partial charge in [0.05, 0.1) is 17.3 Å². The van der Waals surface area contributed by atoms with Crippen molar-refractivity contribution in [2.45, 2.75) is 13.0 Å². The van der Waals surface area contributed by atoms with Crippen LogP contribution in [0.15, 0.2) is 18.2 Å². The lowest BCUT2D eigenvalue weighted by Crippen LogP contribution is -2.25. The maximum Gasteiger partial charge on any atom is 0.0682 e. The third-order valence-electron chi connectivity index (χ3n) is 2.76. The first-order valence-corrected chi connectivity index (χ1v) is 7.06. The Hall–Kier alpha value is -0.380. The van der Waals surface area contributed by atoms with Gasteiger partial charge in [0.1, 0.15) is 0 Å². The minimum absolute atomic E-state index is 0.0514. The van der Waals surface area contributed by atoms with E-state index in [9.17, 15) is 0 Å². The van der Waals surface area contributed by atoms with Crippen LogP contribution in [0.5, 0.6) is 0 Å². The molecule has 1 saturated heterocycles. The smallest absolute Gasteiger partial charge is 0.0682 e. The van der Waals surface area contributed by atoms with Crippen molar-refractivity contribution in [1.82, 2.24) is 0 Å². The topological polar surface area (TPSA) is 23.5 Å². The molecule has 1 aliphatic heterocycles. The zero-order valence-electron chi connectivity index (χ0n) is 9.16. The van der Waals surface area contributed by atoms with E-state index in [0.29, 0.717) is 0 Å². The second kappa shape index (κ2) is 5.80. The van der Waals surface area contributed by atoms with Crippen molar-refractivity contribution >= 4 is 29.1 Å². The van der Waals surface area contributed by atoms with Crippen LogP contribution in [0.1, 0.15) is 12.0 Å². The second-order valence-corrected chi connectivity index (χ2v) is 5.53. The summed E-state index contributed by atoms with van der Waals surface area (Å²) in [5, 5.41) is 9.78. The molecule has 16 heavy (non-hydrogen) atoms. The predicted octanol–water partition coefficient (Wildman–Crippen LogP) is 2.78. The average molecular weight is 258 g/mol. The van der Waals surface area contributed by atoms with Crippen LogP contribution in [0, 0.1) is 0 Å². The van der Waals surface area contributed by atoms with Crippen LogP contribution in [0.4, 0.5) is 5.69 Å². The van der Waals surface area contributed by atoms with Gasteiger partial charge in [0.15, 0.2) is 0 Å². The number of halogens is 1. The molecule has 1 aromatic carbocycles. The molecular formula is C12H16ClNOS. The van der Waals surface area contributed by atoms with E-state index in [-0.39, 0.29) is 6.61 Å². The number of thioether (sulfide) groups is 1. The van der Waals surface area contributed by atoms with Gasteiger partial charge in [-0.15, -0.1) is 0 Å². The molecule has 4 heteroatoms. The zero-order valence-corrected chi connectivity index (χ0v) is 10.7. The van der Waals surface area contributed by atoms with Crippen LogP contribution in [0.3, 0.4) is 0 Å². The summed E-state index contributed by atoms with van der Waals surface area (Å²) in [4.78, 5) is 2.34. The highest BCUT2D eigenvalue weighted by Crippen LogP contribution is 2.28. The van der Waals surface area contributed by atoms with Gasteiger partial charge in [0.2, 0.25) is 0 Å². The Labute approximate surface area is 106 Å². The lowest BCUT2D eigenvalue weighted by atomic mass is 10.2. The fourth-order valence-corrected chi connectivity index (χ4v) is 3.10. The molecule has 1 heterocycles. The van der Waals surface area contributed by atoms with Crippen LogP contribution >= 0.6 is 23.4 Å². The molecule has 88 valence electrons. The number of nitrogens with zero attached hydrogens (tertiary/aromatic N) is 1. The Kier molecular flexibility index (Phi) is 4.38. The van der Waals surface area contributed by atoms with E-state index in [1.54, 1.807) is 0 Å². The molecule has 1 aromatic rings. The molecule has 0 aliphatic carbocycles. The van der Waals surface area contributed by atoms with Crippen LogP contribution < -0.4 is 4.90 Å². The van der Waals surface area contributed by atoms with E-state index < -0.39 is 0 Å². The largest absolute Gasteiger partial charge is 0.392 e. The highest BCUT2D eigenvalue weighted by molar-refractivity contribution is 7.99.